The first-order valence-electron chi connectivity index (χ1n) is 8.29. The molecule has 0 bridgehead atoms. The Hall–Kier alpha value is -3.10. The minimum absolute atomic E-state index is 0.199. The van der Waals surface area contributed by atoms with E-state index in [0.29, 0.717) is 0 Å². The lowest BCUT2D eigenvalue weighted by Gasteiger charge is -2.22. The van der Waals surface area contributed by atoms with Crippen molar-refractivity contribution in [1.82, 2.24) is 5.32 Å². The van der Waals surface area contributed by atoms with Crippen molar-refractivity contribution in [3.63, 3.8) is 0 Å². The van der Waals surface area contributed by atoms with E-state index in [0.717, 1.165) is 18.2 Å². The number of benzene rings is 2. The Labute approximate surface area is 158 Å². The Morgan fingerprint density at radius 1 is 1.00 bits per heavy atom. The van der Waals surface area contributed by atoms with Crippen LogP contribution in [0.25, 0.3) is 0 Å². The molecule has 1 atom stereocenters. The third-order valence-corrected chi connectivity index (χ3v) is 3.71. The molecule has 0 unspecified atom stereocenters. The molecule has 0 aliphatic heterocycles. The molecule has 0 aliphatic carbocycles. The van der Waals surface area contributed by atoms with Crippen molar-refractivity contribution >= 4 is 17.5 Å². The normalized spacial score (nSPS) is 12.4. The van der Waals surface area contributed by atoms with Crippen LogP contribution < -0.4 is 15.4 Å². The number of carbonyl (C=O) groups is 2. The molecule has 2 rings (SSSR count). The molecule has 2 amide bonds. The van der Waals surface area contributed by atoms with Gasteiger partial charge < -0.3 is 15.4 Å². The van der Waals surface area contributed by atoms with E-state index < -0.39 is 35.8 Å². The van der Waals surface area contributed by atoms with Gasteiger partial charge in [0.2, 0.25) is 5.91 Å². The van der Waals surface area contributed by atoms with E-state index in [1.165, 1.54) is 30.3 Å². The summed E-state index contributed by atoms with van der Waals surface area (Å²) in [6, 6.07) is 8.92. The predicted octanol–water partition coefficient (Wildman–Crippen LogP) is 4.12. The average molecular weight is 398 g/mol. The fraction of sp³-hybridized carbons (Fsp3) is 0.263. The van der Waals surface area contributed by atoms with Gasteiger partial charge in [0.25, 0.3) is 5.91 Å². The molecule has 150 valence electrons. The Bertz CT molecular complexity index is 836. The summed E-state index contributed by atoms with van der Waals surface area (Å²) >= 11 is 0. The minimum Gasteiger partial charge on any atom is -0.406 e. The number of halogens is 4. The van der Waals surface area contributed by atoms with Gasteiger partial charge in [-0.2, -0.15) is 0 Å². The number of anilines is 1. The van der Waals surface area contributed by atoms with E-state index in [2.05, 4.69) is 15.4 Å². The van der Waals surface area contributed by atoms with Crippen molar-refractivity contribution in [3.05, 3.63) is 59.9 Å². The molecule has 0 spiro atoms. The quantitative estimate of drug-likeness (QED) is 0.720. The molecule has 0 fully saturated rings. The SMILES string of the molecule is CC(C)[C@H](NC(=O)c1ccccc1F)C(=O)Nc1ccc(OC(F)(F)F)cc1. The fourth-order valence-electron chi connectivity index (χ4n) is 2.36. The summed E-state index contributed by atoms with van der Waals surface area (Å²) < 4.78 is 54.0. The first kappa shape index (κ1) is 21.2. The van der Waals surface area contributed by atoms with Crippen molar-refractivity contribution in [3.8, 4) is 5.75 Å². The van der Waals surface area contributed by atoms with Crippen molar-refractivity contribution in [1.29, 1.82) is 0 Å². The minimum atomic E-state index is -4.81. The maximum Gasteiger partial charge on any atom is 0.573 e. The van der Waals surface area contributed by atoms with E-state index in [1.54, 1.807) is 13.8 Å². The van der Waals surface area contributed by atoms with Crippen LogP contribution in [-0.2, 0) is 4.79 Å². The average Bonchev–Trinajstić information content (AvgIpc) is 2.60. The van der Waals surface area contributed by atoms with Crippen molar-refractivity contribution < 1.29 is 31.9 Å². The molecule has 0 aromatic heterocycles. The van der Waals surface area contributed by atoms with Gasteiger partial charge in [0.05, 0.1) is 5.56 Å². The maximum absolute atomic E-state index is 13.7. The molecule has 2 aromatic carbocycles. The maximum atomic E-state index is 13.7. The zero-order chi connectivity index (χ0) is 20.9. The summed E-state index contributed by atoms with van der Waals surface area (Å²) in [6.07, 6.45) is -4.81. The van der Waals surface area contributed by atoms with E-state index in [9.17, 15) is 27.2 Å². The molecule has 28 heavy (non-hydrogen) atoms. The first-order valence-corrected chi connectivity index (χ1v) is 8.29. The summed E-state index contributed by atoms with van der Waals surface area (Å²) in [5.74, 6) is -2.82. The van der Waals surface area contributed by atoms with E-state index in [1.807, 2.05) is 0 Å². The van der Waals surface area contributed by atoms with Crippen molar-refractivity contribution in [2.75, 3.05) is 5.32 Å². The number of carbonyl (C=O) groups excluding carboxylic acids is 2. The van der Waals surface area contributed by atoms with Crippen LogP contribution in [0.1, 0.15) is 24.2 Å². The molecule has 2 aromatic rings. The second kappa shape index (κ2) is 8.73. The molecule has 0 saturated heterocycles. The summed E-state index contributed by atoms with van der Waals surface area (Å²) in [5, 5.41) is 4.97. The standard InChI is InChI=1S/C19H18F4N2O3/c1-11(2)16(25-17(26)14-5-3-4-6-15(14)20)18(27)24-12-7-9-13(10-8-12)28-19(21,22)23/h3-11,16H,1-2H3,(H,24,27)(H,25,26)/t16-/m0/s1. The topological polar surface area (TPSA) is 67.4 Å². The van der Waals surface area contributed by atoms with Crippen LogP contribution in [0, 0.1) is 11.7 Å². The Morgan fingerprint density at radius 2 is 1.61 bits per heavy atom. The van der Waals surface area contributed by atoms with E-state index >= 15 is 0 Å². The van der Waals surface area contributed by atoms with E-state index in [-0.39, 0.29) is 17.2 Å². The fourth-order valence-corrected chi connectivity index (χ4v) is 2.36. The van der Waals surface area contributed by atoms with Crippen LogP contribution in [0.4, 0.5) is 23.2 Å². The first-order chi connectivity index (χ1) is 13.1. The van der Waals surface area contributed by atoms with Crippen LogP contribution in [0.2, 0.25) is 0 Å². The zero-order valence-corrected chi connectivity index (χ0v) is 15.0. The molecule has 5 nitrogen and oxygen atoms in total. The number of hydrogen-bond acceptors (Lipinski definition) is 3. The number of hydrogen-bond donors (Lipinski definition) is 2. The Morgan fingerprint density at radius 3 is 2.14 bits per heavy atom. The highest BCUT2D eigenvalue weighted by molar-refractivity contribution is 6.01. The van der Waals surface area contributed by atoms with E-state index in [4.69, 9.17) is 0 Å². The van der Waals surface area contributed by atoms with Gasteiger partial charge in [-0.3, -0.25) is 9.59 Å². The van der Waals surface area contributed by atoms with Gasteiger partial charge in [0.15, 0.2) is 0 Å². The summed E-state index contributed by atoms with van der Waals surface area (Å²) in [4.78, 5) is 24.7. The number of rotatable bonds is 6. The Kier molecular flexibility index (Phi) is 6.61. The molecular formula is C19H18F4N2O3. The van der Waals surface area contributed by atoms with Crippen molar-refractivity contribution in [2.24, 2.45) is 5.92 Å². The largest absolute Gasteiger partial charge is 0.573 e. The van der Waals surface area contributed by atoms with Crippen LogP contribution in [0.15, 0.2) is 48.5 Å². The smallest absolute Gasteiger partial charge is 0.406 e. The lowest BCUT2D eigenvalue weighted by Crippen LogP contribution is -2.47. The zero-order valence-electron chi connectivity index (χ0n) is 15.0. The highest BCUT2D eigenvalue weighted by atomic mass is 19.4. The predicted molar refractivity (Wildman–Crippen MR) is 94.2 cm³/mol. The van der Waals surface area contributed by atoms with Gasteiger partial charge in [-0.1, -0.05) is 26.0 Å². The number of alkyl halides is 3. The van der Waals surface area contributed by atoms with Gasteiger partial charge in [-0.25, -0.2) is 4.39 Å². The molecule has 0 heterocycles. The summed E-state index contributed by atoms with van der Waals surface area (Å²) in [5.41, 5.74) is 0.0138. The second-order valence-electron chi connectivity index (χ2n) is 6.24. The number of nitrogens with one attached hydrogen (secondary N) is 2. The summed E-state index contributed by atoms with van der Waals surface area (Å²) in [7, 11) is 0. The lowest BCUT2D eigenvalue weighted by atomic mass is 10.0. The van der Waals surface area contributed by atoms with Gasteiger partial charge in [-0.15, -0.1) is 13.2 Å². The number of amides is 2. The molecule has 0 radical (unpaired) electrons. The molecular weight excluding hydrogens is 380 g/mol. The monoisotopic (exact) mass is 398 g/mol. The van der Waals surface area contributed by atoms with Crippen LogP contribution >= 0.6 is 0 Å². The highest BCUT2D eigenvalue weighted by Gasteiger charge is 2.31. The highest BCUT2D eigenvalue weighted by Crippen LogP contribution is 2.24. The molecule has 9 heteroatoms. The number of ether oxygens (including phenoxy) is 1. The van der Waals surface area contributed by atoms with Gasteiger partial charge in [0.1, 0.15) is 17.6 Å². The van der Waals surface area contributed by atoms with Gasteiger partial charge in [0, 0.05) is 5.69 Å². The van der Waals surface area contributed by atoms with Gasteiger partial charge >= 0.3 is 6.36 Å². The van der Waals surface area contributed by atoms with Crippen LogP contribution in [-0.4, -0.2) is 24.2 Å². The molecule has 2 N–H and O–H groups in total. The lowest BCUT2D eigenvalue weighted by molar-refractivity contribution is -0.274. The second-order valence-corrected chi connectivity index (χ2v) is 6.24. The van der Waals surface area contributed by atoms with Crippen molar-refractivity contribution in [2.45, 2.75) is 26.3 Å². The molecule has 0 aliphatic rings. The Balaban J connectivity index is 2.07. The third kappa shape index (κ3) is 5.97. The van der Waals surface area contributed by atoms with Crippen LogP contribution in [0.5, 0.6) is 5.75 Å². The van der Waals surface area contributed by atoms with Crippen LogP contribution in [0.3, 0.4) is 0 Å². The molecule has 0 saturated carbocycles. The van der Waals surface area contributed by atoms with Gasteiger partial charge in [-0.05, 0) is 42.3 Å². The third-order valence-electron chi connectivity index (χ3n) is 3.71. The summed E-state index contributed by atoms with van der Waals surface area (Å²) in [6.45, 7) is 3.37.